The number of phenolic OH excluding ortho intramolecular Hbond substituents is 2. The second-order valence-electron chi connectivity index (χ2n) is 11.7. The van der Waals surface area contributed by atoms with Gasteiger partial charge in [0.1, 0.15) is 74.0 Å². The lowest BCUT2D eigenvalue weighted by molar-refractivity contribution is -0.383. The average molecular weight is 635 g/mol. The van der Waals surface area contributed by atoms with Gasteiger partial charge >= 0.3 is 11.9 Å². The van der Waals surface area contributed by atoms with Crippen molar-refractivity contribution < 1.29 is 74.1 Å². The van der Waals surface area contributed by atoms with E-state index >= 15 is 0 Å². The lowest BCUT2D eigenvalue weighted by Crippen LogP contribution is -2.63. The largest absolute Gasteiger partial charge is 0.508 e. The molecule has 0 spiro atoms. The summed E-state index contributed by atoms with van der Waals surface area (Å²) in [4.78, 5) is 27.5. The molecule has 2 aromatic rings. The van der Waals surface area contributed by atoms with Crippen molar-refractivity contribution >= 4 is 11.9 Å². The van der Waals surface area contributed by atoms with Crippen molar-refractivity contribution in [1.82, 2.24) is 0 Å². The third kappa shape index (κ3) is 5.43. The zero-order valence-corrected chi connectivity index (χ0v) is 23.6. The van der Waals surface area contributed by atoms with Gasteiger partial charge in [-0.1, -0.05) is 24.3 Å². The molecule has 2 aromatic carbocycles. The van der Waals surface area contributed by atoms with E-state index in [9.17, 15) is 50.4 Å². The van der Waals surface area contributed by atoms with Crippen LogP contribution in [0.25, 0.3) is 0 Å². The summed E-state index contributed by atoms with van der Waals surface area (Å²) in [6.45, 7) is -2.39. The molecule has 15 heteroatoms. The van der Waals surface area contributed by atoms with Crippen LogP contribution in [0.2, 0.25) is 0 Å². The third-order valence-corrected chi connectivity index (χ3v) is 9.14. The van der Waals surface area contributed by atoms with Crippen LogP contribution in [0.3, 0.4) is 0 Å². The maximum Gasteiger partial charge on any atom is 0.310 e. The Labute approximate surface area is 255 Å². The van der Waals surface area contributed by atoms with Crippen LogP contribution in [0.5, 0.6) is 11.5 Å². The van der Waals surface area contributed by atoms with Gasteiger partial charge in [-0.3, -0.25) is 9.59 Å². The monoisotopic (exact) mass is 634 g/mol. The van der Waals surface area contributed by atoms with Crippen LogP contribution < -0.4 is 0 Å². The molecular weight excluding hydrogens is 600 g/mol. The van der Waals surface area contributed by atoms with Gasteiger partial charge in [0.2, 0.25) is 5.79 Å². The molecule has 3 aliphatic heterocycles. The predicted molar refractivity (Wildman–Crippen MR) is 145 cm³/mol. The number of rotatable bonds is 3. The summed E-state index contributed by atoms with van der Waals surface area (Å²) in [6, 6.07) is 12.0. The first-order valence-corrected chi connectivity index (χ1v) is 14.4. The topological polar surface area (TPSA) is 242 Å². The Morgan fingerprint density at radius 1 is 0.622 bits per heavy atom. The Morgan fingerprint density at radius 2 is 1.11 bits per heavy atom. The molecule has 3 saturated heterocycles. The molecule has 244 valence electrons. The first kappa shape index (κ1) is 31.6. The van der Waals surface area contributed by atoms with Gasteiger partial charge in [0.25, 0.3) is 0 Å². The highest BCUT2D eigenvalue weighted by atomic mass is 16.8. The Balaban J connectivity index is 1.40. The standard InChI is InChI=1S/C30H34O15/c31-11-30-26(38)23(35)17(44-30)10-42-28(40)21-19(13-3-7-15(33)8-4-13)18(12-1-5-14(32)6-2-12)20(21)27(39)41-9-16-22(34)24(36)25(37)29(43-16)45-30/h1-8,16-26,29,31-38H,9-11H2/t16-,17-,18+,19+,20-,21+,22-,23-,24+,25-,26+,29-,30+/m1/s1. The van der Waals surface area contributed by atoms with Crippen molar-refractivity contribution in [2.45, 2.75) is 66.6 Å². The molecule has 4 aliphatic rings. The van der Waals surface area contributed by atoms with E-state index in [0.717, 1.165) is 0 Å². The number of phenols is 2. The average Bonchev–Trinajstić information content (AvgIpc) is 3.25. The van der Waals surface area contributed by atoms with Gasteiger partial charge in [-0.05, 0) is 35.4 Å². The number of esters is 2. The summed E-state index contributed by atoms with van der Waals surface area (Å²) < 4.78 is 27.9. The second kappa shape index (κ2) is 12.1. The van der Waals surface area contributed by atoms with Crippen LogP contribution in [-0.2, 0) is 33.3 Å². The maximum absolute atomic E-state index is 13.7. The molecule has 4 fully saturated rings. The van der Waals surface area contributed by atoms with E-state index in [1.54, 1.807) is 24.3 Å². The fourth-order valence-corrected chi connectivity index (χ4v) is 6.68. The number of aromatic hydroxyl groups is 2. The van der Waals surface area contributed by atoms with Crippen LogP contribution in [0.15, 0.2) is 48.5 Å². The van der Waals surface area contributed by atoms with Crippen molar-refractivity contribution in [3.8, 4) is 11.5 Å². The van der Waals surface area contributed by atoms with E-state index in [-0.39, 0.29) is 11.5 Å². The zero-order valence-electron chi connectivity index (χ0n) is 23.6. The smallest absolute Gasteiger partial charge is 0.310 e. The number of fused-ring (bicyclic) bond motifs is 5. The molecule has 45 heavy (non-hydrogen) atoms. The van der Waals surface area contributed by atoms with E-state index in [0.29, 0.717) is 11.1 Å². The summed E-state index contributed by atoms with van der Waals surface area (Å²) in [6.07, 6.45) is -14.0. The number of ether oxygens (including phenoxy) is 5. The minimum Gasteiger partial charge on any atom is -0.508 e. The van der Waals surface area contributed by atoms with Gasteiger partial charge in [0, 0.05) is 11.8 Å². The van der Waals surface area contributed by atoms with Gasteiger partial charge < -0.3 is 64.5 Å². The van der Waals surface area contributed by atoms with Crippen LogP contribution in [-0.4, -0.2) is 127 Å². The van der Waals surface area contributed by atoms with Crippen molar-refractivity contribution in [3.63, 3.8) is 0 Å². The SMILES string of the molecule is O=C1OC[C@H]2O[C@@](CO)(O[C@H]3O[C@H](COC(=O)[C@H]4[C@@H]1[C@@H](c1ccc(O)cc1)[C@@H]4c1ccc(O)cc1)[C@@H](O)[C@H](O)[C@H]3O)[C@@H](O)[C@@H]2O. The summed E-state index contributed by atoms with van der Waals surface area (Å²) in [5.41, 5.74) is 1.14. The summed E-state index contributed by atoms with van der Waals surface area (Å²) in [7, 11) is 0. The highest BCUT2D eigenvalue weighted by Crippen LogP contribution is 2.59. The number of hydrogen-bond donors (Lipinski definition) is 8. The minimum atomic E-state index is -2.40. The molecule has 0 radical (unpaired) electrons. The lowest BCUT2D eigenvalue weighted by Gasteiger charge is -2.50. The number of hydrogen-bond acceptors (Lipinski definition) is 15. The molecule has 0 unspecified atom stereocenters. The van der Waals surface area contributed by atoms with E-state index in [4.69, 9.17) is 23.7 Å². The fraction of sp³-hybridized carbons (Fsp3) is 0.533. The molecule has 0 amide bonds. The van der Waals surface area contributed by atoms with Gasteiger partial charge in [-0.25, -0.2) is 0 Å². The van der Waals surface area contributed by atoms with E-state index < -0.39 is 110 Å². The molecule has 8 N–H and O–H groups in total. The van der Waals surface area contributed by atoms with Crippen molar-refractivity contribution in [2.75, 3.05) is 19.8 Å². The number of aliphatic hydroxyl groups is 6. The quantitative estimate of drug-likeness (QED) is 0.169. The highest BCUT2D eigenvalue weighted by Gasteiger charge is 2.62. The van der Waals surface area contributed by atoms with Crippen molar-refractivity contribution in [1.29, 1.82) is 0 Å². The first-order chi connectivity index (χ1) is 21.5. The number of carbonyl (C=O) groups is 2. The number of aliphatic hydroxyl groups excluding tert-OH is 6. The summed E-state index contributed by atoms with van der Waals surface area (Å²) in [5, 5.41) is 83.1. The summed E-state index contributed by atoms with van der Waals surface area (Å²) in [5.74, 6) is -7.97. The molecule has 6 rings (SSSR count). The predicted octanol–water partition coefficient (Wildman–Crippen LogP) is -2.06. The number of cyclic esters (lactones) is 2. The first-order valence-electron chi connectivity index (χ1n) is 14.4. The van der Waals surface area contributed by atoms with Crippen LogP contribution in [0.1, 0.15) is 23.0 Å². The fourth-order valence-electron chi connectivity index (χ4n) is 6.68. The molecule has 0 aromatic heterocycles. The molecule has 4 bridgehead atoms. The summed E-state index contributed by atoms with van der Waals surface area (Å²) >= 11 is 0. The van der Waals surface area contributed by atoms with E-state index in [1.165, 1.54) is 24.3 Å². The van der Waals surface area contributed by atoms with Crippen LogP contribution in [0.4, 0.5) is 0 Å². The number of carbonyl (C=O) groups excluding carboxylic acids is 2. The van der Waals surface area contributed by atoms with Crippen LogP contribution >= 0.6 is 0 Å². The maximum atomic E-state index is 13.7. The van der Waals surface area contributed by atoms with Gasteiger partial charge in [-0.15, -0.1) is 0 Å². The molecule has 3 heterocycles. The van der Waals surface area contributed by atoms with E-state index in [1.807, 2.05) is 0 Å². The highest BCUT2D eigenvalue weighted by molar-refractivity contribution is 5.87. The van der Waals surface area contributed by atoms with Gasteiger partial charge in [0.15, 0.2) is 6.29 Å². The van der Waals surface area contributed by atoms with Crippen molar-refractivity contribution in [2.24, 2.45) is 11.8 Å². The lowest BCUT2D eigenvalue weighted by atomic mass is 9.52. The van der Waals surface area contributed by atoms with E-state index in [2.05, 4.69) is 0 Å². The van der Waals surface area contributed by atoms with Gasteiger partial charge in [0.05, 0.1) is 11.8 Å². The third-order valence-electron chi connectivity index (χ3n) is 9.14. The second-order valence-corrected chi connectivity index (χ2v) is 11.7. The Hall–Kier alpha value is -3.38. The Bertz CT molecular complexity index is 1320. The normalized spacial score (nSPS) is 41.9. The minimum absolute atomic E-state index is 0.0305. The molecule has 1 aliphatic carbocycles. The molecule has 1 saturated carbocycles. The van der Waals surface area contributed by atoms with Crippen LogP contribution in [0, 0.1) is 11.8 Å². The number of benzene rings is 2. The molecule has 13 atom stereocenters. The molecule has 15 nitrogen and oxygen atoms in total. The van der Waals surface area contributed by atoms with Gasteiger partial charge in [-0.2, -0.15) is 0 Å². The Kier molecular flexibility index (Phi) is 8.49. The molecular formula is C30H34O15. The zero-order chi connectivity index (χ0) is 32.2. The van der Waals surface area contributed by atoms with Crippen molar-refractivity contribution in [3.05, 3.63) is 59.7 Å². The Morgan fingerprint density at radius 3 is 1.60 bits per heavy atom.